The quantitative estimate of drug-likeness (QED) is 0.833. The third kappa shape index (κ3) is 2.38. The van der Waals surface area contributed by atoms with Crippen LogP contribution >= 0.6 is 0 Å². The molecule has 4 amide bonds. The molecule has 7 nitrogen and oxygen atoms in total. The van der Waals surface area contributed by atoms with Crippen molar-refractivity contribution >= 4 is 29.3 Å². The predicted octanol–water partition coefficient (Wildman–Crippen LogP) is 0.719. The Hall–Kier alpha value is -2.70. The molecule has 23 heavy (non-hydrogen) atoms. The summed E-state index contributed by atoms with van der Waals surface area (Å²) in [6, 6.07) is 4.78. The van der Waals surface area contributed by atoms with E-state index in [0.29, 0.717) is 18.8 Å². The van der Waals surface area contributed by atoms with Crippen LogP contribution in [-0.4, -0.2) is 53.6 Å². The number of fused-ring (bicyclic) bond motifs is 1. The van der Waals surface area contributed by atoms with Gasteiger partial charge in [-0.2, -0.15) is 0 Å². The lowest BCUT2D eigenvalue weighted by molar-refractivity contribution is -0.128. The van der Waals surface area contributed by atoms with Gasteiger partial charge >= 0.3 is 0 Å². The summed E-state index contributed by atoms with van der Waals surface area (Å²) < 4.78 is 0. The van der Waals surface area contributed by atoms with Gasteiger partial charge in [-0.3, -0.25) is 24.1 Å². The van der Waals surface area contributed by atoms with Crippen LogP contribution in [0.2, 0.25) is 0 Å². The lowest BCUT2D eigenvalue weighted by Gasteiger charge is -2.14. The first kappa shape index (κ1) is 15.2. The maximum atomic E-state index is 12.4. The van der Waals surface area contributed by atoms with Gasteiger partial charge in [-0.25, -0.2) is 0 Å². The number of likely N-dealkylation sites (tertiary alicyclic amines) is 1. The lowest BCUT2D eigenvalue weighted by atomic mass is 10.1. The van der Waals surface area contributed by atoms with Crippen LogP contribution < -0.4 is 5.32 Å². The van der Waals surface area contributed by atoms with E-state index in [1.54, 1.807) is 23.1 Å². The SMILES string of the molecule is CCN1CC(C(=O)Nc2cccc3c2C(=O)N(C)C3=O)CC1=O. The number of nitrogens with zero attached hydrogens (tertiary/aromatic N) is 2. The Balaban J connectivity index is 1.83. The predicted molar refractivity (Wildman–Crippen MR) is 81.9 cm³/mol. The highest BCUT2D eigenvalue weighted by molar-refractivity contribution is 6.24. The zero-order chi connectivity index (χ0) is 16.7. The molecule has 1 aromatic carbocycles. The van der Waals surface area contributed by atoms with E-state index in [0.717, 1.165) is 4.90 Å². The third-order valence-corrected chi connectivity index (χ3v) is 4.34. The molecule has 0 bridgehead atoms. The van der Waals surface area contributed by atoms with Crippen LogP contribution in [0.3, 0.4) is 0 Å². The van der Waals surface area contributed by atoms with Crippen molar-refractivity contribution in [2.24, 2.45) is 5.92 Å². The van der Waals surface area contributed by atoms with Crippen molar-refractivity contribution in [2.45, 2.75) is 13.3 Å². The second kappa shape index (κ2) is 5.49. The Bertz CT molecular complexity index is 728. The van der Waals surface area contributed by atoms with Crippen molar-refractivity contribution in [1.29, 1.82) is 0 Å². The molecule has 2 aliphatic heterocycles. The average Bonchev–Trinajstić information content (AvgIpc) is 3.02. The minimum Gasteiger partial charge on any atom is -0.342 e. The van der Waals surface area contributed by atoms with Crippen molar-refractivity contribution < 1.29 is 19.2 Å². The van der Waals surface area contributed by atoms with Crippen LogP contribution in [0.4, 0.5) is 5.69 Å². The molecular weight excluding hydrogens is 298 g/mol. The molecule has 7 heteroatoms. The Morgan fingerprint density at radius 2 is 2.00 bits per heavy atom. The van der Waals surface area contributed by atoms with Gasteiger partial charge in [0.2, 0.25) is 11.8 Å². The molecule has 3 rings (SSSR count). The summed E-state index contributed by atoms with van der Waals surface area (Å²) >= 11 is 0. The Morgan fingerprint density at radius 3 is 2.65 bits per heavy atom. The molecule has 1 aromatic rings. The monoisotopic (exact) mass is 315 g/mol. The van der Waals surface area contributed by atoms with E-state index in [1.165, 1.54) is 7.05 Å². The van der Waals surface area contributed by atoms with Gasteiger partial charge in [0.15, 0.2) is 0 Å². The number of hydrogen-bond acceptors (Lipinski definition) is 4. The van der Waals surface area contributed by atoms with Gasteiger partial charge in [-0.15, -0.1) is 0 Å². The highest BCUT2D eigenvalue weighted by Crippen LogP contribution is 2.29. The minimum atomic E-state index is -0.441. The molecule has 0 aromatic heterocycles. The lowest BCUT2D eigenvalue weighted by Crippen LogP contribution is -2.28. The standard InChI is InChI=1S/C16H17N3O4/c1-3-19-8-9(7-12(19)20)14(21)17-11-6-4-5-10-13(11)16(23)18(2)15(10)22/h4-6,9H,3,7-8H2,1-2H3,(H,17,21). The highest BCUT2D eigenvalue weighted by Gasteiger charge is 2.37. The van der Waals surface area contributed by atoms with Gasteiger partial charge in [-0.05, 0) is 19.1 Å². The maximum Gasteiger partial charge on any atom is 0.263 e. The number of anilines is 1. The van der Waals surface area contributed by atoms with Gasteiger partial charge in [0.25, 0.3) is 11.8 Å². The van der Waals surface area contributed by atoms with E-state index in [4.69, 9.17) is 0 Å². The van der Waals surface area contributed by atoms with E-state index in [1.807, 2.05) is 6.92 Å². The molecule has 0 radical (unpaired) electrons. The van der Waals surface area contributed by atoms with Crippen molar-refractivity contribution in [3.8, 4) is 0 Å². The summed E-state index contributed by atoms with van der Waals surface area (Å²) in [5.41, 5.74) is 0.815. The molecule has 1 fully saturated rings. The smallest absolute Gasteiger partial charge is 0.263 e. The van der Waals surface area contributed by atoms with Gasteiger partial charge < -0.3 is 10.2 Å². The van der Waals surface area contributed by atoms with Crippen LogP contribution in [0.5, 0.6) is 0 Å². The first-order valence-corrected chi connectivity index (χ1v) is 7.48. The number of nitrogens with one attached hydrogen (secondary N) is 1. The summed E-state index contributed by atoms with van der Waals surface area (Å²) in [4.78, 5) is 50.9. The highest BCUT2D eigenvalue weighted by atomic mass is 16.2. The first-order valence-electron chi connectivity index (χ1n) is 7.48. The summed E-state index contributed by atoms with van der Waals surface area (Å²) in [5.74, 6) is -1.61. The summed E-state index contributed by atoms with van der Waals surface area (Å²) in [6.07, 6.45) is 0.168. The minimum absolute atomic E-state index is 0.0445. The molecule has 0 aliphatic carbocycles. The molecule has 1 saturated heterocycles. The van der Waals surface area contributed by atoms with Crippen molar-refractivity contribution in [2.75, 3.05) is 25.5 Å². The Morgan fingerprint density at radius 1 is 1.26 bits per heavy atom. The zero-order valence-electron chi connectivity index (χ0n) is 13.0. The Kier molecular flexibility index (Phi) is 3.63. The fourth-order valence-electron chi connectivity index (χ4n) is 2.99. The van der Waals surface area contributed by atoms with Gasteiger partial charge in [0.05, 0.1) is 22.7 Å². The van der Waals surface area contributed by atoms with E-state index in [9.17, 15) is 19.2 Å². The van der Waals surface area contributed by atoms with Crippen LogP contribution in [-0.2, 0) is 9.59 Å². The van der Waals surface area contributed by atoms with Crippen LogP contribution in [0.25, 0.3) is 0 Å². The third-order valence-electron chi connectivity index (χ3n) is 4.34. The van der Waals surface area contributed by atoms with Crippen molar-refractivity contribution in [3.63, 3.8) is 0 Å². The number of carbonyl (C=O) groups excluding carboxylic acids is 4. The molecule has 120 valence electrons. The first-order chi connectivity index (χ1) is 10.9. The van der Waals surface area contributed by atoms with Gasteiger partial charge in [-0.1, -0.05) is 6.07 Å². The number of rotatable bonds is 3. The number of hydrogen-bond donors (Lipinski definition) is 1. The fourth-order valence-corrected chi connectivity index (χ4v) is 2.99. The average molecular weight is 315 g/mol. The molecule has 2 heterocycles. The van der Waals surface area contributed by atoms with Crippen LogP contribution in [0.15, 0.2) is 18.2 Å². The second-order valence-corrected chi connectivity index (χ2v) is 5.72. The number of imide groups is 1. The Labute approximate surface area is 133 Å². The topological polar surface area (TPSA) is 86.8 Å². The fraction of sp³-hybridized carbons (Fsp3) is 0.375. The number of benzene rings is 1. The molecule has 1 N–H and O–H groups in total. The van der Waals surface area contributed by atoms with Crippen LogP contribution in [0, 0.1) is 5.92 Å². The van der Waals surface area contributed by atoms with Crippen molar-refractivity contribution in [3.05, 3.63) is 29.3 Å². The van der Waals surface area contributed by atoms with E-state index >= 15 is 0 Å². The van der Waals surface area contributed by atoms with E-state index in [2.05, 4.69) is 5.32 Å². The normalized spacial score (nSPS) is 20.3. The van der Waals surface area contributed by atoms with E-state index in [-0.39, 0.29) is 35.3 Å². The molecule has 1 atom stereocenters. The molecule has 2 aliphatic rings. The van der Waals surface area contributed by atoms with E-state index < -0.39 is 11.8 Å². The summed E-state index contributed by atoms with van der Waals surface area (Å²) in [5, 5.41) is 2.70. The largest absolute Gasteiger partial charge is 0.342 e. The zero-order valence-corrected chi connectivity index (χ0v) is 13.0. The number of amides is 4. The molecule has 1 unspecified atom stereocenters. The second-order valence-electron chi connectivity index (χ2n) is 5.72. The van der Waals surface area contributed by atoms with Crippen molar-refractivity contribution in [1.82, 2.24) is 9.80 Å². The number of carbonyl (C=O) groups is 4. The molecule has 0 saturated carbocycles. The van der Waals surface area contributed by atoms with Gasteiger partial charge in [0.1, 0.15) is 0 Å². The maximum absolute atomic E-state index is 12.4. The molecular formula is C16H17N3O4. The summed E-state index contributed by atoms with van der Waals surface area (Å²) in [7, 11) is 1.41. The van der Waals surface area contributed by atoms with Crippen LogP contribution in [0.1, 0.15) is 34.1 Å². The summed E-state index contributed by atoms with van der Waals surface area (Å²) in [6.45, 7) is 2.81. The molecule has 0 spiro atoms. The van der Waals surface area contributed by atoms with Gasteiger partial charge in [0, 0.05) is 26.6 Å².